The summed E-state index contributed by atoms with van der Waals surface area (Å²) in [5, 5.41) is 0. The molecule has 0 unspecified atom stereocenters. The number of carbonyl (C=O) groups is 1. The van der Waals surface area contributed by atoms with Crippen molar-refractivity contribution in [1.82, 2.24) is 19.4 Å². The highest BCUT2D eigenvalue weighted by Gasteiger charge is 2.32. The first-order valence-corrected chi connectivity index (χ1v) is 9.36. The van der Waals surface area contributed by atoms with Gasteiger partial charge in [0.15, 0.2) is 0 Å². The van der Waals surface area contributed by atoms with Crippen molar-refractivity contribution in [3.63, 3.8) is 0 Å². The summed E-state index contributed by atoms with van der Waals surface area (Å²) in [6.45, 7) is 6.43. The first-order chi connectivity index (χ1) is 13.2. The van der Waals surface area contributed by atoms with E-state index in [2.05, 4.69) is 23.7 Å². The molecule has 2 heterocycles. The van der Waals surface area contributed by atoms with E-state index in [1.165, 1.54) is 12.1 Å². The third-order valence-corrected chi connectivity index (χ3v) is 5.21. The Morgan fingerprint density at radius 1 is 1.29 bits per heavy atom. The molecule has 0 N–H and O–H groups in total. The molecule has 0 spiro atoms. The van der Waals surface area contributed by atoms with Gasteiger partial charge in [0, 0.05) is 31.2 Å². The fourth-order valence-corrected chi connectivity index (χ4v) is 3.25. The molecule has 2 aromatic rings. The van der Waals surface area contributed by atoms with Crippen molar-refractivity contribution >= 4 is 5.91 Å². The average molecular weight is 394 g/mol. The summed E-state index contributed by atoms with van der Waals surface area (Å²) in [6.07, 6.45) is -1.95. The molecular formula is C20H25F3N4O. The topological polar surface area (TPSA) is 41.4 Å². The second-order valence-corrected chi connectivity index (χ2v) is 7.50. The summed E-state index contributed by atoms with van der Waals surface area (Å²) < 4.78 is 41.0. The zero-order valence-corrected chi connectivity index (χ0v) is 16.3. The Kier molecular flexibility index (Phi) is 5.79. The van der Waals surface area contributed by atoms with Crippen LogP contribution >= 0.6 is 0 Å². The molecule has 0 atom stereocenters. The number of aryl methyl sites for hydroxylation is 1. The number of aromatic nitrogens is 2. The van der Waals surface area contributed by atoms with Gasteiger partial charge in [-0.3, -0.25) is 9.69 Å². The van der Waals surface area contributed by atoms with E-state index in [4.69, 9.17) is 0 Å². The molecule has 1 aliphatic heterocycles. The molecule has 0 fully saturated rings. The first kappa shape index (κ1) is 20.4. The minimum absolute atomic E-state index is 0.0589. The number of halogens is 3. The molecule has 1 amide bonds. The molecule has 0 aliphatic carbocycles. The van der Waals surface area contributed by atoms with Crippen molar-refractivity contribution in [1.29, 1.82) is 0 Å². The number of hydrogen-bond donors (Lipinski definition) is 0. The minimum atomic E-state index is -4.47. The van der Waals surface area contributed by atoms with Gasteiger partial charge in [0.1, 0.15) is 0 Å². The molecule has 152 valence electrons. The molecule has 3 rings (SSSR count). The van der Waals surface area contributed by atoms with Gasteiger partial charge in [-0.25, -0.2) is 4.98 Å². The highest BCUT2D eigenvalue weighted by Crippen LogP contribution is 2.30. The zero-order chi connectivity index (χ0) is 20.5. The lowest BCUT2D eigenvalue weighted by Gasteiger charge is -2.23. The molecule has 0 saturated heterocycles. The molecule has 0 saturated carbocycles. The highest BCUT2D eigenvalue weighted by atomic mass is 19.4. The first-order valence-electron chi connectivity index (χ1n) is 9.36. The Morgan fingerprint density at radius 3 is 2.71 bits per heavy atom. The second kappa shape index (κ2) is 7.95. The van der Waals surface area contributed by atoms with Crippen molar-refractivity contribution < 1.29 is 18.0 Å². The van der Waals surface area contributed by atoms with Gasteiger partial charge in [-0.05, 0) is 45.5 Å². The van der Waals surface area contributed by atoms with E-state index in [0.29, 0.717) is 25.7 Å². The van der Waals surface area contributed by atoms with Crippen LogP contribution in [0.5, 0.6) is 0 Å². The van der Waals surface area contributed by atoms with Crippen LogP contribution in [0.3, 0.4) is 0 Å². The Labute approximate surface area is 162 Å². The number of alkyl halides is 3. The maximum Gasteiger partial charge on any atom is 0.416 e. The summed E-state index contributed by atoms with van der Waals surface area (Å²) in [4.78, 5) is 21.2. The number of benzene rings is 1. The maximum absolute atomic E-state index is 13.0. The fraction of sp³-hybridized carbons (Fsp3) is 0.500. The molecule has 1 aromatic carbocycles. The number of rotatable bonds is 4. The third-order valence-electron chi connectivity index (χ3n) is 5.21. The number of fused-ring (bicyclic) bond motifs is 1. The Balaban J connectivity index is 1.84. The quantitative estimate of drug-likeness (QED) is 0.792. The van der Waals surface area contributed by atoms with E-state index in [-0.39, 0.29) is 11.5 Å². The van der Waals surface area contributed by atoms with Crippen molar-refractivity contribution in [2.24, 2.45) is 0 Å². The average Bonchev–Trinajstić information content (AvgIpc) is 2.88. The third kappa shape index (κ3) is 4.38. The highest BCUT2D eigenvalue weighted by molar-refractivity contribution is 5.94. The predicted molar refractivity (Wildman–Crippen MR) is 99.6 cm³/mol. The van der Waals surface area contributed by atoms with Gasteiger partial charge in [-0.15, -0.1) is 0 Å². The van der Waals surface area contributed by atoms with Crippen molar-refractivity contribution in [2.75, 3.05) is 13.6 Å². The van der Waals surface area contributed by atoms with Crippen LogP contribution in [0, 0.1) is 0 Å². The summed E-state index contributed by atoms with van der Waals surface area (Å²) in [6, 6.07) is 4.98. The fourth-order valence-electron chi connectivity index (χ4n) is 3.25. The monoisotopic (exact) mass is 394 g/mol. The zero-order valence-electron chi connectivity index (χ0n) is 16.3. The minimum Gasteiger partial charge on any atom is -0.333 e. The second-order valence-electron chi connectivity index (χ2n) is 7.50. The number of nitrogens with zero attached hydrogens (tertiary/aromatic N) is 4. The summed E-state index contributed by atoms with van der Waals surface area (Å²) in [7, 11) is 2.01. The predicted octanol–water partition coefficient (Wildman–Crippen LogP) is 3.79. The van der Waals surface area contributed by atoms with Gasteiger partial charge >= 0.3 is 6.18 Å². The molecule has 1 aliphatic rings. The van der Waals surface area contributed by atoms with Gasteiger partial charge in [0.2, 0.25) is 0 Å². The Bertz CT molecular complexity index is 844. The standard InChI is InChI=1S/C20H25F3N4O/c1-14(2)25(3)11-17-18-12-26(8-5-9-27(18)13-24-17)19(28)15-6-4-7-16(10-15)20(21,22)23/h4,6-7,10,13-14H,5,8-9,11-12H2,1-3H3. The van der Waals surface area contributed by atoms with Crippen molar-refractivity contribution in [3.8, 4) is 0 Å². The largest absolute Gasteiger partial charge is 0.416 e. The normalized spacial score (nSPS) is 15.1. The summed E-state index contributed by atoms with van der Waals surface area (Å²) >= 11 is 0. The lowest BCUT2D eigenvalue weighted by atomic mass is 10.1. The Hall–Kier alpha value is -2.35. The number of hydrogen-bond acceptors (Lipinski definition) is 3. The van der Waals surface area contributed by atoms with E-state index in [0.717, 1.165) is 36.5 Å². The van der Waals surface area contributed by atoms with Crippen molar-refractivity contribution in [2.45, 2.75) is 52.1 Å². The summed E-state index contributed by atoms with van der Waals surface area (Å²) in [5.41, 5.74) is 1.10. The maximum atomic E-state index is 13.0. The van der Waals surface area contributed by atoms with Gasteiger partial charge in [0.25, 0.3) is 5.91 Å². The van der Waals surface area contributed by atoms with Crippen LogP contribution in [0.2, 0.25) is 0 Å². The SMILES string of the molecule is CC(C)N(C)Cc1ncn2c1CN(C(=O)c1cccc(C(F)(F)F)c1)CCC2. The number of amides is 1. The lowest BCUT2D eigenvalue weighted by Crippen LogP contribution is -2.32. The van der Waals surface area contributed by atoms with E-state index in [1.54, 1.807) is 11.2 Å². The molecule has 0 radical (unpaired) electrons. The molecule has 5 nitrogen and oxygen atoms in total. The van der Waals surface area contributed by atoms with E-state index in [1.807, 2.05) is 11.6 Å². The van der Waals surface area contributed by atoms with E-state index >= 15 is 0 Å². The smallest absolute Gasteiger partial charge is 0.333 e. The molecule has 28 heavy (non-hydrogen) atoms. The lowest BCUT2D eigenvalue weighted by molar-refractivity contribution is -0.137. The van der Waals surface area contributed by atoms with Gasteiger partial charge in [-0.2, -0.15) is 13.2 Å². The van der Waals surface area contributed by atoms with Crippen LogP contribution in [0.4, 0.5) is 13.2 Å². The van der Waals surface area contributed by atoms with Crippen LogP contribution in [0.1, 0.15) is 47.6 Å². The molecule has 8 heteroatoms. The molecule has 0 bridgehead atoms. The molecule has 1 aromatic heterocycles. The molecular weight excluding hydrogens is 369 g/mol. The van der Waals surface area contributed by atoms with E-state index in [9.17, 15) is 18.0 Å². The Morgan fingerprint density at radius 2 is 2.04 bits per heavy atom. The number of carbonyl (C=O) groups excluding carboxylic acids is 1. The van der Waals surface area contributed by atoms with Crippen LogP contribution in [0.25, 0.3) is 0 Å². The van der Waals surface area contributed by atoms with Gasteiger partial charge in [-0.1, -0.05) is 6.07 Å². The van der Waals surface area contributed by atoms with Crippen molar-refractivity contribution in [3.05, 3.63) is 53.1 Å². The number of imidazole rings is 1. The van der Waals surface area contributed by atoms with Crippen LogP contribution in [0.15, 0.2) is 30.6 Å². The van der Waals surface area contributed by atoms with Gasteiger partial charge in [0.05, 0.1) is 29.8 Å². The van der Waals surface area contributed by atoms with Crippen LogP contribution < -0.4 is 0 Å². The summed E-state index contributed by atoms with van der Waals surface area (Å²) in [5.74, 6) is -0.385. The van der Waals surface area contributed by atoms with E-state index < -0.39 is 11.7 Å². The van der Waals surface area contributed by atoms with Gasteiger partial charge < -0.3 is 9.47 Å². The van der Waals surface area contributed by atoms with Crippen LogP contribution in [-0.2, 0) is 25.8 Å². The van der Waals surface area contributed by atoms with Crippen LogP contribution in [-0.4, -0.2) is 44.9 Å².